The lowest BCUT2D eigenvalue weighted by Gasteiger charge is -2.35. The van der Waals surface area contributed by atoms with E-state index in [1.165, 1.54) is 4.90 Å². The molecule has 0 aromatic carbocycles. The van der Waals surface area contributed by atoms with Crippen molar-refractivity contribution in [1.29, 1.82) is 0 Å². The van der Waals surface area contributed by atoms with Crippen molar-refractivity contribution in [1.82, 2.24) is 19.8 Å². The zero-order valence-corrected chi connectivity index (χ0v) is 18.1. The summed E-state index contributed by atoms with van der Waals surface area (Å²) in [7, 11) is 1.62. The van der Waals surface area contributed by atoms with Gasteiger partial charge in [0.05, 0.1) is 11.9 Å². The molecule has 0 radical (unpaired) electrons. The molecule has 1 unspecified atom stereocenters. The molecule has 28 heavy (non-hydrogen) atoms. The lowest BCUT2D eigenvalue weighted by molar-refractivity contribution is -0.127. The fourth-order valence-corrected chi connectivity index (χ4v) is 5.32. The van der Waals surface area contributed by atoms with Crippen LogP contribution in [-0.2, 0) is 19.6 Å². The minimum atomic E-state index is -3.38. The van der Waals surface area contributed by atoms with Crippen molar-refractivity contribution >= 4 is 21.9 Å². The Bertz CT molecular complexity index is 632. The monoisotopic (exact) mass is 417 g/mol. The van der Waals surface area contributed by atoms with Crippen LogP contribution < -0.4 is 10.0 Å². The molecule has 1 heterocycles. The second-order valence-corrected chi connectivity index (χ2v) is 9.69. The van der Waals surface area contributed by atoms with E-state index in [1.807, 2.05) is 4.90 Å². The number of guanidine groups is 1. The van der Waals surface area contributed by atoms with Crippen molar-refractivity contribution in [2.45, 2.75) is 49.8 Å². The van der Waals surface area contributed by atoms with Crippen LogP contribution in [0, 0.1) is 0 Å². The first-order chi connectivity index (χ1) is 13.3. The fraction of sp³-hybridized carbons (Fsp3) is 0.889. The van der Waals surface area contributed by atoms with E-state index in [-0.39, 0.29) is 18.5 Å². The first-order valence-corrected chi connectivity index (χ1v) is 11.6. The number of piperidine rings is 1. The number of hydrogen-bond acceptors (Lipinski definition) is 5. The standard InChI is InChI=1S/C18H35N5O4S/c1-22(2)17(24)13-20-18(19-10-12-27-3)23-11-6-9-16(14-23)28(25,26)21-15-7-4-5-8-15/h15-16,21H,4-14H2,1-3H3,(H,19,20). The molecule has 9 nitrogen and oxygen atoms in total. The number of hydrogen-bond donors (Lipinski definition) is 2. The SMILES string of the molecule is COCCNC(=NCC(=O)N(C)C)N1CCCC(S(=O)(=O)NC2CCCC2)C1. The Morgan fingerprint density at radius 2 is 1.93 bits per heavy atom. The van der Waals surface area contributed by atoms with Crippen LogP contribution in [0.3, 0.4) is 0 Å². The molecule has 1 amide bonds. The van der Waals surface area contributed by atoms with Crippen LogP contribution in [0.5, 0.6) is 0 Å². The maximum absolute atomic E-state index is 12.8. The molecule has 0 aromatic rings. The molecule has 1 aliphatic carbocycles. The lowest BCUT2D eigenvalue weighted by Crippen LogP contribution is -2.53. The third-order valence-corrected chi connectivity index (χ3v) is 7.18. The largest absolute Gasteiger partial charge is 0.383 e. The molecular weight excluding hydrogens is 382 g/mol. The summed E-state index contributed by atoms with van der Waals surface area (Å²) in [6.07, 6.45) is 5.43. The Balaban J connectivity index is 2.04. The summed E-state index contributed by atoms with van der Waals surface area (Å²) < 4.78 is 33.7. The van der Waals surface area contributed by atoms with Crippen LogP contribution in [-0.4, -0.2) is 95.4 Å². The summed E-state index contributed by atoms with van der Waals surface area (Å²) in [5.41, 5.74) is 0. The van der Waals surface area contributed by atoms with Gasteiger partial charge in [-0.3, -0.25) is 4.79 Å². The van der Waals surface area contributed by atoms with E-state index in [1.54, 1.807) is 21.2 Å². The van der Waals surface area contributed by atoms with Crippen molar-refractivity contribution < 1.29 is 17.9 Å². The smallest absolute Gasteiger partial charge is 0.243 e. The Morgan fingerprint density at radius 3 is 2.57 bits per heavy atom. The van der Waals surface area contributed by atoms with E-state index in [2.05, 4.69) is 15.0 Å². The Hall–Kier alpha value is -1.39. The highest BCUT2D eigenvalue weighted by Crippen LogP contribution is 2.22. The number of amides is 1. The Labute approximate surface area is 168 Å². The molecule has 2 rings (SSSR count). The van der Waals surface area contributed by atoms with Crippen molar-refractivity contribution in [3.05, 3.63) is 0 Å². The van der Waals surface area contributed by atoms with Gasteiger partial charge < -0.3 is 19.9 Å². The average Bonchev–Trinajstić information content (AvgIpc) is 3.16. The van der Waals surface area contributed by atoms with Gasteiger partial charge in [0.1, 0.15) is 6.54 Å². The number of nitrogens with zero attached hydrogens (tertiary/aromatic N) is 3. The molecule has 2 N–H and O–H groups in total. The van der Waals surface area contributed by atoms with Gasteiger partial charge in [-0.05, 0) is 25.7 Å². The highest BCUT2D eigenvalue weighted by atomic mass is 32.2. The van der Waals surface area contributed by atoms with Crippen LogP contribution >= 0.6 is 0 Å². The minimum absolute atomic E-state index is 0.0244. The number of sulfonamides is 1. The van der Waals surface area contributed by atoms with Crippen molar-refractivity contribution in [2.24, 2.45) is 4.99 Å². The molecule has 1 saturated carbocycles. The van der Waals surface area contributed by atoms with E-state index in [0.717, 1.165) is 32.1 Å². The predicted octanol–water partition coefficient (Wildman–Crippen LogP) is -0.00700. The van der Waals surface area contributed by atoms with E-state index in [9.17, 15) is 13.2 Å². The summed E-state index contributed by atoms with van der Waals surface area (Å²) in [4.78, 5) is 19.8. The number of carbonyl (C=O) groups excluding carboxylic acids is 1. The van der Waals surface area contributed by atoms with E-state index in [4.69, 9.17) is 4.74 Å². The minimum Gasteiger partial charge on any atom is -0.383 e. The van der Waals surface area contributed by atoms with Crippen molar-refractivity contribution in [2.75, 3.05) is 54.0 Å². The van der Waals surface area contributed by atoms with Gasteiger partial charge >= 0.3 is 0 Å². The van der Waals surface area contributed by atoms with Crippen molar-refractivity contribution in [3.8, 4) is 0 Å². The molecule has 162 valence electrons. The predicted molar refractivity (Wildman–Crippen MR) is 110 cm³/mol. The van der Waals surface area contributed by atoms with Crippen LogP contribution in [0.1, 0.15) is 38.5 Å². The highest BCUT2D eigenvalue weighted by molar-refractivity contribution is 7.90. The van der Waals surface area contributed by atoms with Gasteiger partial charge in [-0.25, -0.2) is 18.1 Å². The molecular formula is C18H35N5O4S. The number of likely N-dealkylation sites (N-methyl/N-ethyl adjacent to an activating group) is 1. The molecule has 1 atom stereocenters. The number of likely N-dealkylation sites (tertiary alicyclic amines) is 1. The molecule has 0 bridgehead atoms. The topological polar surface area (TPSA) is 103 Å². The third-order valence-electron chi connectivity index (χ3n) is 5.25. The molecule has 0 spiro atoms. The molecule has 0 aromatic heterocycles. The zero-order chi connectivity index (χ0) is 20.6. The van der Waals surface area contributed by atoms with E-state index < -0.39 is 15.3 Å². The second-order valence-electron chi connectivity index (χ2n) is 7.70. The molecule has 1 saturated heterocycles. The van der Waals surface area contributed by atoms with Gasteiger partial charge in [-0.2, -0.15) is 0 Å². The van der Waals surface area contributed by atoms with E-state index in [0.29, 0.717) is 38.6 Å². The van der Waals surface area contributed by atoms with Crippen molar-refractivity contribution in [3.63, 3.8) is 0 Å². The molecule has 1 aliphatic heterocycles. The van der Waals surface area contributed by atoms with Gasteiger partial charge in [0.15, 0.2) is 5.96 Å². The summed E-state index contributed by atoms with van der Waals surface area (Å²) in [5, 5.41) is 2.72. The van der Waals surface area contributed by atoms with Crippen LogP contribution in [0.4, 0.5) is 0 Å². The van der Waals surface area contributed by atoms with Crippen LogP contribution in [0.2, 0.25) is 0 Å². The first-order valence-electron chi connectivity index (χ1n) is 10.1. The number of rotatable bonds is 8. The summed E-state index contributed by atoms with van der Waals surface area (Å²) in [6, 6.07) is 0.0751. The van der Waals surface area contributed by atoms with Gasteiger partial charge in [-0.15, -0.1) is 0 Å². The van der Waals surface area contributed by atoms with Gasteiger partial charge in [0, 0.05) is 46.9 Å². The Morgan fingerprint density at radius 1 is 1.21 bits per heavy atom. The summed E-state index contributed by atoms with van der Waals surface area (Å²) in [5.74, 6) is 0.461. The van der Waals surface area contributed by atoms with E-state index >= 15 is 0 Å². The first kappa shape index (κ1) is 22.9. The maximum Gasteiger partial charge on any atom is 0.243 e. The quantitative estimate of drug-likeness (QED) is 0.327. The van der Waals surface area contributed by atoms with Crippen LogP contribution in [0.25, 0.3) is 0 Å². The number of carbonyl (C=O) groups is 1. The second kappa shape index (κ2) is 11.0. The van der Waals surface area contributed by atoms with Gasteiger partial charge in [0.2, 0.25) is 15.9 Å². The summed E-state index contributed by atoms with van der Waals surface area (Å²) in [6.45, 7) is 2.15. The number of methoxy groups -OCH3 is 1. The summed E-state index contributed by atoms with van der Waals surface area (Å²) >= 11 is 0. The maximum atomic E-state index is 12.8. The van der Waals surface area contributed by atoms with Gasteiger partial charge in [0.25, 0.3) is 0 Å². The highest BCUT2D eigenvalue weighted by Gasteiger charge is 2.34. The molecule has 2 aliphatic rings. The molecule has 10 heteroatoms. The van der Waals surface area contributed by atoms with Gasteiger partial charge in [-0.1, -0.05) is 12.8 Å². The third kappa shape index (κ3) is 6.89. The normalized spacial score (nSPS) is 21.8. The zero-order valence-electron chi connectivity index (χ0n) is 17.3. The average molecular weight is 418 g/mol. The number of nitrogens with one attached hydrogen (secondary N) is 2. The number of aliphatic imine (C=N–C) groups is 1. The molecule has 2 fully saturated rings. The van der Waals surface area contributed by atoms with Crippen LogP contribution in [0.15, 0.2) is 4.99 Å². The fourth-order valence-electron chi connectivity index (χ4n) is 3.57. The lowest BCUT2D eigenvalue weighted by atomic mass is 10.1. The number of ether oxygens (including phenoxy) is 1. The Kier molecular flexibility index (Phi) is 8.97.